The first kappa shape index (κ1) is 25.7. The first-order chi connectivity index (χ1) is 17.2. The summed E-state index contributed by atoms with van der Waals surface area (Å²) < 4.78 is 46.5. The van der Waals surface area contributed by atoms with Crippen molar-refractivity contribution < 1.29 is 27.5 Å². The molecule has 8 nitrogen and oxygen atoms in total. The Kier molecular flexibility index (Phi) is 7.95. The molecule has 1 aromatic heterocycles. The number of benzene rings is 1. The predicted molar refractivity (Wildman–Crippen MR) is 128 cm³/mol. The summed E-state index contributed by atoms with van der Waals surface area (Å²) >= 11 is 0. The summed E-state index contributed by atoms with van der Waals surface area (Å²) in [6.07, 6.45) is 0.903. The fourth-order valence-electron chi connectivity index (χ4n) is 4.37. The molecule has 194 valence electrons. The number of nitrogens with one attached hydrogen (secondary N) is 1. The molecule has 0 aliphatic carbocycles. The Morgan fingerprint density at radius 1 is 1.19 bits per heavy atom. The molecule has 1 fully saturated rings. The first-order valence-electron chi connectivity index (χ1n) is 12.1. The van der Waals surface area contributed by atoms with E-state index in [1.165, 1.54) is 13.0 Å². The monoisotopic (exact) mass is 505 g/mol. The molecule has 2 aromatic rings. The Morgan fingerprint density at radius 3 is 2.61 bits per heavy atom. The van der Waals surface area contributed by atoms with Crippen LogP contribution in [0.1, 0.15) is 38.1 Å². The zero-order valence-corrected chi connectivity index (χ0v) is 20.3. The van der Waals surface area contributed by atoms with Gasteiger partial charge in [0.25, 0.3) is 0 Å². The van der Waals surface area contributed by atoms with E-state index in [-0.39, 0.29) is 30.9 Å². The van der Waals surface area contributed by atoms with Gasteiger partial charge in [0.15, 0.2) is 23.2 Å². The van der Waals surface area contributed by atoms with E-state index in [0.29, 0.717) is 62.5 Å². The second-order valence-electron chi connectivity index (χ2n) is 9.26. The summed E-state index contributed by atoms with van der Waals surface area (Å²) in [5.41, 5.74) is 1.38. The van der Waals surface area contributed by atoms with Crippen molar-refractivity contribution in [3.8, 4) is 5.75 Å². The number of rotatable bonds is 8. The maximum atomic E-state index is 14.0. The number of amides is 1. The zero-order chi connectivity index (χ0) is 25.8. The van der Waals surface area contributed by atoms with Crippen LogP contribution in [0.5, 0.6) is 5.75 Å². The average Bonchev–Trinajstić information content (AvgIpc) is 2.87. The molecule has 1 amide bonds. The molecular formula is C25H30F3N5O3. The fraction of sp³-hybridized carbons (Fsp3) is 0.520. The van der Waals surface area contributed by atoms with Crippen LogP contribution in [0, 0.1) is 17.6 Å². The molecule has 36 heavy (non-hydrogen) atoms. The lowest BCUT2D eigenvalue weighted by Gasteiger charge is -2.35. The maximum Gasteiger partial charge on any atom is 0.232 e. The third-order valence-electron chi connectivity index (χ3n) is 6.38. The second kappa shape index (κ2) is 11.1. The maximum absolute atomic E-state index is 14.0. The van der Waals surface area contributed by atoms with E-state index in [9.17, 15) is 22.8 Å². The largest absolute Gasteiger partial charge is 0.487 e. The SMILES string of the molecule is CC(F)CNc1nc2c(nc1N1CCC(Oc3ccc(F)cc3F)CC1)CN(C(=O)[C@H](C)C=O)CC2. The summed E-state index contributed by atoms with van der Waals surface area (Å²) in [4.78, 5) is 36.7. The number of carbonyl (C=O) groups excluding carboxylic acids is 2. The van der Waals surface area contributed by atoms with Crippen molar-refractivity contribution in [3.63, 3.8) is 0 Å². The summed E-state index contributed by atoms with van der Waals surface area (Å²) in [6.45, 7) is 4.84. The fourth-order valence-corrected chi connectivity index (χ4v) is 4.37. The number of hydrogen-bond donors (Lipinski definition) is 1. The third kappa shape index (κ3) is 5.88. The number of carbonyl (C=O) groups is 2. The second-order valence-corrected chi connectivity index (χ2v) is 9.26. The predicted octanol–water partition coefficient (Wildman–Crippen LogP) is 3.29. The van der Waals surface area contributed by atoms with Crippen LogP contribution in [-0.2, 0) is 22.6 Å². The lowest BCUT2D eigenvalue weighted by Crippen LogP contribution is -2.42. The molecule has 1 aromatic carbocycles. The van der Waals surface area contributed by atoms with E-state index in [0.717, 1.165) is 17.8 Å². The highest BCUT2D eigenvalue weighted by Gasteiger charge is 2.30. The van der Waals surface area contributed by atoms with Crippen LogP contribution < -0.4 is 15.0 Å². The Morgan fingerprint density at radius 2 is 1.94 bits per heavy atom. The van der Waals surface area contributed by atoms with Crippen LogP contribution in [0.2, 0.25) is 0 Å². The van der Waals surface area contributed by atoms with Crippen LogP contribution in [0.15, 0.2) is 18.2 Å². The van der Waals surface area contributed by atoms with Gasteiger partial charge in [0.2, 0.25) is 5.91 Å². The first-order valence-corrected chi connectivity index (χ1v) is 12.1. The van der Waals surface area contributed by atoms with Crippen molar-refractivity contribution in [2.24, 2.45) is 5.92 Å². The van der Waals surface area contributed by atoms with E-state index >= 15 is 0 Å². The molecule has 3 heterocycles. The van der Waals surface area contributed by atoms with Crippen LogP contribution in [0.3, 0.4) is 0 Å². The van der Waals surface area contributed by atoms with Gasteiger partial charge in [-0.05, 0) is 26.0 Å². The number of aldehydes is 1. The number of fused-ring (bicyclic) bond motifs is 1. The Balaban J connectivity index is 1.50. The minimum atomic E-state index is -1.08. The van der Waals surface area contributed by atoms with Gasteiger partial charge >= 0.3 is 0 Å². The number of halogens is 3. The van der Waals surface area contributed by atoms with Crippen molar-refractivity contribution >= 4 is 23.8 Å². The summed E-state index contributed by atoms with van der Waals surface area (Å²) in [6, 6.07) is 3.23. The standard InChI is InChI=1S/C25H30F3N5O3/c1-15(14-34)25(35)33-10-7-20-21(13-33)31-24(23(30-20)29-12-16(2)26)32-8-5-18(6-9-32)36-22-4-3-17(27)11-19(22)28/h3-4,11,14-16,18H,5-10,12-13H2,1-2H3,(H,29,30)/t15-,16?/m1/s1. The topological polar surface area (TPSA) is 87.7 Å². The van der Waals surface area contributed by atoms with Crippen molar-refractivity contribution in [2.45, 2.75) is 51.9 Å². The molecule has 0 spiro atoms. The highest BCUT2D eigenvalue weighted by molar-refractivity contribution is 5.91. The highest BCUT2D eigenvalue weighted by Crippen LogP contribution is 2.30. The van der Waals surface area contributed by atoms with Gasteiger partial charge < -0.3 is 24.6 Å². The number of ether oxygens (including phenoxy) is 1. The minimum Gasteiger partial charge on any atom is -0.487 e. The van der Waals surface area contributed by atoms with Crippen molar-refractivity contribution in [1.82, 2.24) is 14.9 Å². The molecule has 2 aliphatic rings. The average molecular weight is 506 g/mol. The van der Waals surface area contributed by atoms with Crippen molar-refractivity contribution in [3.05, 3.63) is 41.2 Å². The van der Waals surface area contributed by atoms with Crippen LogP contribution in [-0.4, -0.2) is 65.5 Å². The molecule has 2 aliphatic heterocycles. The van der Waals surface area contributed by atoms with Crippen molar-refractivity contribution in [1.29, 1.82) is 0 Å². The van der Waals surface area contributed by atoms with Gasteiger partial charge in [-0.25, -0.2) is 23.1 Å². The van der Waals surface area contributed by atoms with Crippen LogP contribution in [0.25, 0.3) is 0 Å². The van der Waals surface area contributed by atoms with Gasteiger partial charge in [-0.15, -0.1) is 0 Å². The summed E-state index contributed by atoms with van der Waals surface area (Å²) in [5.74, 6) is -1.34. The number of nitrogens with zero attached hydrogens (tertiary/aromatic N) is 4. The normalized spacial score (nSPS) is 17.8. The highest BCUT2D eigenvalue weighted by atomic mass is 19.1. The van der Waals surface area contributed by atoms with Gasteiger partial charge in [0.1, 0.15) is 24.4 Å². The van der Waals surface area contributed by atoms with E-state index in [1.807, 2.05) is 4.90 Å². The number of piperidine rings is 1. The van der Waals surface area contributed by atoms with Gasteiger partial charge in [0, 0.05) is 51.5 Å². The molecular weight excluding hydrogens is 475 g/mol. The molecule has 11 heteroatoms. The van der Waals surface area contributed by atoms with Gasteiger partial charge in [-0.1, -0.05) is 0 Å². The lowest BCUT2D eigenvalue weighted by molar-refractivity contribution is -0.138. The molecule has 1 N–H and O–H groups in total. The molecule has 0 bridgehead atoms. The molecule has 0 saturated carbocycles. The van der Waals surface area contributed by atoms with E-state index < -0.39 is 23.7 Å². The van der Waals surface area contributed by atoms with Gasteiger partial charge in [0.05, 0.1) is 23.9 Å². The quantitative estimate of drug-likeness (QED) is 0.435. The Labute approximate surface area is 207 Å². The van der Waals surface area contributed by atoms with Gasteiger partial charge in [-0.2, -0.15) is 0 Å². The number of aromatic nitrogens is 2. The van der Waals surface area contributed by atoms with E-state index in [1.54, 1.807) is 11.8 Å². The smallest absolute Gasteiger partial charge is 0.232 e. The van der Waals surface area contributed by atoms with Gasteiger partial charge in [-0.3, -0.25) is 4.79 Å². The van der Waals surface area contributed by atoms with Crippen LogP contribution in [0.4, 0.5) is 24.8 Å². The number of alkyl halides is 1. The minimum absolute atomic E-state index is 0.0111. The number of hydrogen-bond acceptors (Lipinski definition) is 7. The van der Waals surface area contributed by atoms with Crippen LogP contribution >= 0.6 is 0 Å². The lowest BCUT2D eigenvalue weighted by atomic mass is 10.1. The van der Waals surface area contributed by atoms with E-state index in [2.05, 4.69) is 5.32 Å². The Bertz CT molecular complexity index is 1110. The number of anilines is 2. The molecule has 1 unspecified atom stereocenters. The van der Waals surface area contributed by atoms with E-state index in [4.69, 9.17) is 14.7 Å². The van der Waals surface area contributed by atoms with Crippen molar-refractivity contribution in [2.75, 3.05) is 36.4 Å². The summed E-state index contributed by atoms with van der Waals surface area (Å²) in [7, 11) is 0. The zero-order valence-electron chi connectivity index (χ0n) is 20.3. The Hall–Kier alpha value is -3.37. The molecule has 0 radical (unpaired) electrons. The summed E-state index contributed by atoms with van der Waals surface area (Å²) in [5, 5.41) is 3.05. The molecule has 2 atom stereocenters. The molecule has 4 rings (SSSR count). The third-order valence-corrected chi connectivity index (χ3v) is 6.38. The molecule has 1 saturated heterocycles.